The molecule has 0 spiro atoms. The van der Waals surface area contributed by atoms with Crippen molar-refractivity contribution in [1.29, 1.82) is 0 Å². The van der Waals surface area contributed by atoms with Crippen molar-refractivity contribution >= 4 is 27.5 Å². The van der Waals surface area contributed by atoms with E-state index in [0.717, 1.165) is 9.87 Å². The highest BCUT2D eigenvalue weighted by molar-refractivity contribution is 7.92. The summed E-state index contributed by atoms with van der Waals surface area (Å²) in [5, 5.41) is 2.62. The molecule has 0 aromatic heterocycles. The number of nitrogens with zero attached hydrogens (tertiary/aromatic N) is 2. The lowest BCUT2D eigenvalue weighted by Gasteiger charge is -2.33. The molecule has 1 N–H and O–H groups in total. The number of nitrogens with one attached hydrogen (secondary N) is 1. The lowest BCUT2D eigenvalue weighted by Crippen LogP contribution is -2.53. The molecule has 0 fully saturated rings. The molecule has 1 heterocycles. The molecule has 11 heteroatoms. The zero-order valence-corrected chi connectivity index (χ0v) is 22.5. The summed E-state index contributed by atoms with van der Waals surface area (Å²) in [6, 6.07) is 18.5. The van der Waals surface area contributed by atoms with Gasteiger partial charge >= 0.3 is 0 Å². The van der Waals surface area contributed by atoms with Crippen LogP contribution < -0.4 is 19.1 Å². The van der Waals surface area contributed by atoms with Gasteiger partial charge in [-0.2, -0.15) is 0 Å². The first-order valence-electron chi connectivity index (χ1n) is 12.4. The van der Waals surface area contributed by atoms with Crippen molar-refractivity contribution in [3.63, 3.8) is 0 Å². The van der Waals surface area contributed by atoms with Crippen LogP contribution in [0.5, 0.6) is 11.5 Å². The highest BCUT2D eigenvalue weighted by Gasteiger charge is 2.33. The molecular weight excluding hydrogens is 525 g/mol. The monoisotopic (exact) mass is 555 g/mol. The molecule has 2 amide bonds. The first-order chi connectivity index (χ1) is 18.7. The molecule has 1 atom stereocenters. The highest BCUT2D eigenvalue weighted by Crippen LogP contribution is 2.36. The largest absolute Gasteiger partial charge is 0.454 e. The summed E-state index contributed by atoms with van der Waals surface area (Å²) in [7, 11) is -2.44. The number of benzene rings is 3. The van der Waals surface area contributed by atoms with Crippen LogP contribution in [0.15, 0.2) is 72.8 Å². The predicted octanol–water partition coefficient (Wildman–Crippen LogP) is 3.10. The predicted molar refractivity (Wildman–Crippen MR) is 144 cm³/mol. The van der Waals surface area contributed by atoms with E-state index in [1.165, 1.54) is 49.2 Å². The third kappa shape index (κ3) is 6.66. The summed E-state index contributed by atoms with van der Waals surface area (Å²) in [4.78, 5) is 28.4. The molecule has 0 radical (unpaired) electrons. The molecule has 3 aromatic carbocycles. The molecule has 206 valence electrons. The molecule has 0 aliphatic carbocycles. The molecular formula is C28H30FN3O6S. The van der Waals surface area contributed by atoms with E-state index in [0.29, 0.717) is 17.1 Å². The van der Waals surface area contributed by atoms with Gasteiger partial charge in [0, 0.05) is 26.1 Å². The van der Waals surface area contributed by atoms with Crippen molar-refractivity contribution in [3.05, 3.63) is 89.7 Å². The van der Waals surface area contributed by atoms with E-state index in [2.05, 4.69) is 5.32 Å². The van der Waals surface area contributed by atoms with Crippen LogP contribution >= 0.6 is 0 Å². The third-order valence-corrected chi connectivity index (χ3v) is 8.15. The molecule has 1 aliphatic rings. The zero-order chi connectivity index (χ0) is 28.0. The number of halogens is 1. The normalized spacial score (nSPS) is 13.0. The summed E-state index contributed by atoms with van der Waals surface area (Å²) in [6.07, 6.45) is 0.192. The molecule has 0 saturated heterocycles. The van der Waals surface area contributed by atoms with Gasteiger partial charge < -0.3 is 19.7 Å². The fourth-order valence-corrected chi connectivity index (χ4v) is 5.32. The van der Waals surface area contributed by atoms with Crippen LogP contribution in [-0.4, -0.2) is 57.3 Å². The van der Waals surface area contributed by atoms with Gasteiger partial charge in [-0.15, -0.1) is 0 Å². The Balaban J connectivity index is 1.72. The van der Waals surface area contributed by atoms with E-state index in [9.17, 15) is 22.4 Å². The van der Waals surface area contributed by atoms with Gasteiger partial charge in [0.2, 0.25) is 28.6 Å². The number of likely N-dealkylation sites (N-methyl/N-ethyl adjacent to an activating group) is 1. The van der Waals surface area contributed by atoms with Crippen LogP contribution in [0.1, 0.15) is 18.1 Å². The van der Waals surface area contributed by atoms with Gasteiger partial charge in [-0.3, -0.25) is 13.9 Å². The van der Waals surface area contributed by atoms with Crippen molar-refractivity contribution in [2.45, 2.75) is 25.9 Å². The van der Waals surface area contributed by atoms with E-state index < -0.39 is 40.2 Å². The van der Waals surface area contributed by atoms with Crippen LogP contribution in [-0.2, 0) is 32.6 Å². The second-order valence-electron chi connectivity index (χ2n) is 8.91. The van der Waals surface area contributed by atoms with Crippen LogP contribution in [0.3, 0.4) is 0 Å². The van der Waals surface area contributed by atoms with Gasteiger partial charge in [0.15, 0.2) is 11.5 Å². The number of anilines is 1. The first kappa shape index (κ1) is 27.9. The van der Waals surface area contributed by atoms with Gasteiger partial charge in [-0.1, -0.05) is 42.5 Å². The topological polar surface area (TPSA) is 105 Å². The summed E-state index contributed by atoms with van der Waals surface area (Å²) in [6.45, 7) is 0.903. The van der Waals surface area contributed by atoms with E-state index in [-0.39, 0.29) is 31.2 Å². The maximum atomic E-state index is 14.0. The van der Waals surface area contributed by atoms with Crippen molar-refractivity contribution in [1.82, 2.24) is 10.2 Å². The number of hydrogen-bond acceptors (Lipinski definition) is 6. The Labute approximate surface area is 227 Å². The Morgan fingerprint density at radius 3 is 2.33 bits per heavy atom. The fraction of sp³-hybridized carbons (Fsp3) is 0.286. The number of hydrogen-bond donors (Lipinski definition) is 1. The van der Waals surface area contributed by atoms with Gasteiger partial charge in [0.1, 0.15) is 18.4 Å². The lowest BCUT2D eigenvalue weighted by atomic mass is 10.0. The second-order valence-corrected chi connectivity index (χ2v) is 11.1. The molecule has 1 unspecified atom stereocenters. The smallest absolute Gasteiger partial charge is 0.244 e. The minimum Gasteiger partial charge on any atom is -0.454 e. The van der Waals surface area contributed by atoms with Crippen molar-refractivity contribution < 1.29 is 31.9 Å². The van der Waals surface area contributed by atoms with Crippen molar-refractivity contribution in [3.8, 4) is 11.5 Å². The second kappa shape index (κ2) is 12.2. The quantitative estimate of drug-likeness (QED) is 0.390. The molecule has 3 aromatic rings. The lowest BCUT2D eigenvalue weighted by molar-refractivity contribution is -0.139. The summed E-state index contributed by atoms with van der Waals surface area (Å²) >= 11 is 0. The molecule has 1 aliphatic heterocycles. The van der Waals surface area contributed by atoms with Gasteiger partial charge in [-0.25, -0.2) is 12.8 Å². The average Bonchev–Trinajstić information content (AvgIpc) is 3.42. The maximum absolute atomic E-state index is 14.0. The number of amides is 2. The summed E-state index contributed by atoms with van der Waals surface area (Å²) < 4.78 is 51.7. The van der Waals surface area contributed by atoms with E-state index in [1.54, 1.807) is 12.1 Å². The number of sulfonamides is 1. The van der Waals surface area contributed by atoms with Crippen molar-refractivity contribution in [2.75, 3.05) is 30.4 Å². The Hall–Kier alpha value is -4.12. The Bertz CT molecular complexity index is 1420. The van der Waals surface area contributed by atoms with Gasteiger partial charge in [0.25, 0.3) is 0 Å². The Morgan fingerprint density at radius 1 is 0.974 bits per heavy atom. The number of ether oxygens (including phenoxy) is 2. The number of carbonyl (C=O) groups is 2. The summed E-state index contributed by atoms with van der Waals surface area (Å²) in [5.74, 6) is -0.867. The molecule has 4 rings (SSSR count). The first-order valence-corrected chi connectivity index (χ1v) is 14.0. The van der Waals surface area contributed by atoms with Crippen molar-refractivity contribution in [2.24, 2.45) is 0 Å². The standard InChI is InChI=1S/C28H30FN3O6S/c1-3-39(35,36)32(23-13-14-25-26(16-23)38-19-37-25)18-27(33)31(17-21-9-11-22(29)12-10-21)24(28(34)30-2)15-20-7-5-4-6-8-20/h4-14,16,24H,3,15,17-19H2,1-2H3,(H,30,34). The Kier molecular flexibility index (Phi) is 8.70. The molecule has 0 bridgehead atoms. The maximum Gasteiger partial charge on any atom is 0.244 e. The van der Waals surface area contributed by atoms with Gasteiger partial charge in [-0.05, 0) is 42.3 Å². The number of fused-ring (bicyclic) bond motifs is 1. The Morgan fingerprint density at radius 2 is 1.67 bits per heavy atom. The summed E-state index contributed by atoms with van der Waals surface area (Å²) in [5.41, 5.74) is 1.63. The van der Waals surface area contributed by atoms with E-state index in [4.69, 9.17) is 9.47 Å². The number of carbonyl (C=O) groups excluding carboxylic acids is 2. The van der Waals surface area contributed by atoms with Crippen LogP contribution in [0.25, 0.3) is 0 Å². The third-order valence-electron chi connectivity index (χ3n) is 6.41. The van der Waals surface area contributed by atoms with E-state index in [1.807, 2.05) is 30.3 Å². The molecule has 39 heavy (non-hydrogen) atoms. The van der Waals surface area contributed by atoms with E-state index >= 15 is 0 Å². The zero-order valence-electron chi connectivity index (χ0n) is 21.7. The average molecular weight is 556 g/mol. The number of rotatable bonds is 11. The van der Waals surface area contributed by atoms with Gasteiger partial charge in [0.05, 0.1) is 11.4 Å². The highest BCUT2D eigenvalue weighted by atomic mass is 32.2. The molecule has 9 nitrogen and oxygen atoms in total. The minimum absolute atomic E-state index is 0.0109. The van der Waals surface area contributed by atoms with Crippen LogP contribution in [0.2, 0.25) is 0 Å². The fourth-order valence-electron chi connectivity index (χ4n) is 4.27. The van der Waals surface area contributed by atoms with Crippen LogP contribution in [0, 0.1) is 5.82 Å². The molecule has 0 saturated carbocycles. The minimum atomic E-state index is -3.91. The SMILES string of the molecule is CCS(=O)(=O)N(CC(=O)N(Cc1ccc(F)cc1)C(Cc1ccccc1)C(=O)NC)c1ccc2c(c1)OCO2. The van der Waals surface area contributed by atoms with Crippen LogP contribution in [0.4, 0.5) is 10.1 Å².